The van der Waals surface area contributed by atoms with Crippen molar-refractivity contribution in [1.82, 2.24) is 0 Å². The maximum atomic E-state index is 13.3. The van der Waals surface area contributed by atoms with Crippen LogP contribution in [0.2, 0.25) is 0 Å². The third-order valence-electron chi connectivity index (χ3n) is 4.56. The summed E-state index contributed by atoms with van der Waals surface area (Å²) in [5, 5.41) is 0. The number of rotatable bonds is 0. The van der Waals surface area contributed by atoms with Crippen molar-refractivity contribution in [2.75, 3.05) is 0 Å². The van der Waals surface area contributed by atoms with Gasteiger partial charge in [-0.15, -0.1) is 0 Å². The molecule has 1 aliphatic carbocycles. The van der Waals surface area contributed by atoms with E-state index in [-0.39, 0.29) is 12.8 Å². The summed E-state index contributed by atoms with van der Waals surface area (Å²) in [6, 6.07) is 3.52. The minimum Gasteiger partial charge on any atom is -0.487 e. The summed E-state index contributed by atoms with van der Waals surface area (Å²) in [4.78, 5) is 0. The second-order valence-electron chi connectivity index (χ2n) is 6.11. The van der Waals surface area contributed by atoms with Crippen molar-refractivity contribution >= 4 is 0 Å². The van der Waals surface area contributed by atoms with Crippen molar-refractivity contribution < 1.29 is 22.3 Å². The van der Waals surface area contributed by atoms with Crippen LogP contribution in [0.4, 0.5) is 17.6 Å². The molecule has 3 rings (SSSR count). The normalized spacial score (nSPS) is 32.6. The summed E-state index contributed by atoms with van der Waals surface area (Å²) in [5.41, 5.74) is 5.71. The van der Waals surface area contributed by atoms with E-state index in [1.165, 1.54) is 18.2 Å². The van der Waals surface area contributed by atoms with Gasteiger partial charge in [0.1, 0.15) is 17.2 Å². The van der Waals surface area contributed by atoms with Crippen LogP contribution < -0.4 is 10.5 Å². The van der Waals surface area contributed by atoms with Crippen molar-refractivity contribution in [2.24, 2.45) is 11.7 Å². The van der Waals surface area contributed by atoms with E-state index in [9.17, 15) is 17.6 Å². The van der Waals surface area contributed by atoms with Crippen LogP contribution in [0.25, 0.3) is 0 Å². The van der Waals surface area contributed by atoms with Crippen molar-refractivity contribution in [3.63, 3.8) is 0 Å². The minimum absolute atomic E-state index is 0.0684. The smallest absolute Gasteiger partial charge is 0.391 e. The Morgan fingerprint density at radius 2 is 2.00 bits per heavy atom. The summed E-state index contributed by atoms with van der Waals surface area (Å²) in [7, 11) is 0. The first-order chi connectivity index (χ1) is 9.79. The monoisotopic (exact) mass is 303 g/mol. The highest BCUT2D eigenvalue weighted by molar-refractivity contribution is 5.39. The number of nitrogens with two attached hydrogens (primary N) is 1. The van der Waals surface area contributed by atoms with Crippen molar-refractivity contribution in [2.45, 2.75) is 49.9 Å². The van der Waals surface area contributed by atoms with E-state index >= 15 is 0 Å². The quantitative estimate of drug-likeness (QED) is 0.732. The molecule has 0 radical (unpaired) electrons. The molecular weight excluding hydrogens is 286 g/mol. The van der Waals surface area contributed by atoms with Crippen molar-refractivity contribution in [3.8, 4) is 5.75 Å². The lowest BCUT2D eigenvalue weighted by atomic mass is 9.72. The highest BCUT2D eigenvalue weighted by atomic mass is 19.4. The molecule has 1 heterocycles. The Balaban J connectivity index is 1.89. The van der Waals surface area contributed by atoms with E-state index in [0.717, 1.165) is 0 Å². The molecule has 6 heteroatoms. The van der Waals surface area contributed by atoms with E-state index in [1.807, 2.05) is 0 Å². The van der Waals surface area contributed by atoms with E-state index in [4.69, 9.17) is 10.5 Å². The summed E-state index contributed by atoms with van der Waals surface area (Å²) in [6.45, 7) is 0. The van der Waals surface area contributed by atoms with Gasteiger partial charge in [0.25, 0.3) is 0 Å². The fraction of sp³-hybridized carbons (Fsp3) is 0.600. The summed E-state index contributed by atoms with van der Waals surface area (Å²) < 4.78 is 58.1. The molecule has 21 heavy (non-hydrogen) atoms. The first-order valence-electron chi connectivity index (χ1n) is 7.10. The van der Waals surface area contributed by atoms with Gasteiger partial charge in [0.2, 0.25) is 0 Å². The molecule has 2 unspecified atom stereocenters. The average molecular weight is 303 g/mol. The number of hydrogen-bond acceptors (Lipinski definition) is 2. The molecule has 1 aromatic carbocycles. The van der Waals surface area contributed by atoms with Gasteiger partial charge in [0, 0.05) is 18.0 Å². The van der Waals surface area contributed by atoms with Crippen LogP contribution in [0.1, 0.15) is 43.7 Å². The number of hydrogen-bond donors (Lipinski definition) is 1. The molecule has 3 atom stereocenters. The van der Waals surface area contributed by atoms with Crippen LogP contribution in [0.5, 0.6) is 5.75 Å². The lowest BCUT2D eigenvalue weighted by molar-refractivity contribution is -0.199. The zero-order valence-corrected chi connectivity index (χ0v) is 11.4. The molecule has 0 saturated heterocycles. The number of benzene rings is 1. The maximum Gasteiger partial charge on any atom is 0.391 e. The molecule has 1 spiro atoms. The summed E-state index contributed by atoms with van der Waals surface area (Å²) >= 11 is 0. The number of alkyl halides is 3. The standard InChI is InChI=1S/C15H17F4NO/c16-10-3-4-13-11(6-10)12(20)8-14(21-13)5-1-2-9(7-14)15(17,18)19/h3-4,6,9,12H,1-2,5,7-8,20H2/t9?,12-,14?/m1/s1. The van der Waals surface area contributed by atoms with Gasteiger partial charge in [-0.05, 0) is 43.9 Å². The van der Waals surface area contributed by atoms with Crippen LogP contribution in [0, 0.1) is 11.7 Å². The molecule has 2 aliphatic rings. The van der Waals surface area contributed by atoms with Crippen LogP contribution in [0.3, 0.4) is 0 Å². The predicted molar refractivity (Wildman–Crippen MR) is 69.3 cm³/mol. The van der Waals surface area contributed by atoms with Gasteiger partial charge < -0.3 is 10.5 Å². The molecule has 1 aromatic rings. The molecular formula is C15H17F4NO. The predicted octanol–water partition coefficient (Wildman–Crippen LogP) is 4.10. The van der Waals surface area contributed by atoms with E-state index in [2.05, 4.69) is 0 Å². The lowest BCUT2D eigenvalue weighted by Gasteiger charge is -2.46. The Hall–Kier alpha value is -1.30. The van der Waals surface area contributed by atoms with E-state index < -0.39 is 29.6 Å². The summed E-state index contributed by atoms with van der Waals surface area (Å²) in [6.07, 6.45) is -2.81. The zero-order chi connectivity index (χ0) is 15.3. The third kappa shape index (κ3) is 2.73. The second kappa shape index (κ2) is 4.87. The fourth-order valence-electron chi connectivity index (χ4n) is 3.57. The van der Waals surface area contributed by atoms with Gasteiger partial charge in [-0.2, -0.15) is 13.2 Å². The number of halogens is 4. The summed E-state index contributed by atoms with van der Waals surface area (Å²) in [5.74, 6) is -1.35. The molecule has 0 amide bonds. The van der Waals surface area contributed by atoms with Gasteiger partial charge in [-0.1, -0.05) is 0 Å². The van der Waals surface area contributed by atoms with E-state index in [1.54, 1.807) is 0 Å². The number of ether oxygens (including phenoxy) is 1. The Kier molecular flexibility index (Phi) is 3.39. The fourth-order valence-corrected chi connectivity index (χ4v) is 3.57. The number of fused-ring (bicyclic) bond motifs is 1. The van der Waals surface area contributed by atoms with Gasteiger partial charge in [-0.25, -0.2) is 4.39 Å². The Morgan fingerprint density at radius 3 is 2.71 bits per heavy atom. The highest BCUT2D eigenvalue weighted by Crippen LogP contribution is 2.49. The van der Waals surface area contributed by atoms with E-state index in [0.29, 0.717) is 30.6 Å². The molecule has 1 saturated carbocycles. The first kappa shape index (κ1) is 14.6. The Labute approximate surface area is 120 Å². The molecule has 116 valence electrons. The average Bonchev–Trinajstić information content (AvgIpc) is 2.39. The molecule has 1 fully saturated rings. The SMILES string of the molecule is N[C@@H]1CC2(CCCC(C(F)(F)F)C2)Oc2ccc(F)cc21. The van der Waals surface area contributed by atoms with Gasteiger partial charge >= 0.3 is 6.18 Å². The Bertz CT molecular complexity index is 545. The second-order valence-corrected chi connectivity index (χ2v) is 6.11. The minimum atomic E-state index is -4.20. The molecule has 0 bridgehead atoms. The van der Waals surface area contributed by atoms with Gasteiger partial charge in [0.15, 0.2) is 0 Å². The molecule has 2 nitrogen and oxygen atoms in total. The maximum absolute atomic E-state index is 13.3. The van der Waals surface area contributed by atoms with Gasteiger partial charge in [0.05, 0.1) is 5.92 Å². The largest absolute Gasteiger partial charge is 0.487 e. The lowest BCUT2D eigenvalue weighted by Crippen LogP contribution is -2.48. The van der Waals surface area contributed by atoms with Crippen molar-refractivity contribution in [3.05, 3.63) is 29.6 Å². The van der Waals surface area contributed by atoms with Gasteiger partial charge in [-0.3, -0.25) is 0 Å². The van der Waals surface area contributed by atoms with Crippen molar-refractivity contribution in [1.29, 1.82) is 0 Å². The van der Waals surface area contributed by atoms with Crippen LogP contribution >= 0.6 is 0 Å². The zero-order valence-electron chi connectivity index (χ0n) is 11.4. The Morgan fingerprint density at radius 1 is 1.24 bits per heavy atom. The third-order valence-corrected chi connectivity index (χ3v) is 4.56. The first-order valence-corrected chi connectivity index (χ1v) is 7.10. The molecule has 1 aliphatic heterocycles. The topological polar surface area (TPSA) is 35.2 Å². The highest BCUT2D eigenvalue weighted by Gasteiger charge is 2.50. The molecule has 2 N–H and O–H groups in total. The van der Waals surface area contributed by atoms with Crippen LogP contribution in [-0.4, -0.2) is 11.8 Å². The molecule has 0 aromatic heterocycles. The van der Waals surface area contributed by atoms with Crippen LogP contribution in [0.15, 0.2) is 18.2 Å². The van der Waals surface area contributed by atoms with Crippen LogP contribution in [-0.2, 0) is 0 Å².